The molecular formula is C56H44N2O2. The van der Waals surface area contributed by atoms with Gasteiger partial charge in [-0.2, -0.15) is 0 Å². The Labute approximate surface area is 349 Å². The third kappa shape index (κ3) is 6.15. The second-order valence-electron chi connectivity index (χ2n) is 16.9. The average Bonchev–Trinajstić information content (AvgIpc) is 3.75. The molecule has 0 aliphatic heterocycles. The highest BCUT2D eigenvalue weighted by Crippen LogP contribution is 2.46. The first kappa shape index (κ1) is 35.8. The Kier molecular flexibility index (Phi) is 8.15. The third-order valence-electron chi connectivity index (χ3n) is 11.9. The Morgan fingerprint density at radius 3 is 1.58 bits per heavy atom. The van der Waals surface area contributed by atoms with Gasteiger partial charge in [0.1, 0.15) is 22.3 Å². The van der Waals surface area contributed by atoms with Gasteiger partial charge in [0, 0.05) is 50.2 Å². The van der Waals surface area contributed by atoms with Gasteiger partial charge in [0.25, 0.3) is 0 Å². The summed E-state index contributed by atoms with van der Waals surface area (Å²) in [6.45, 7) is 12.9. The predicted molar refractivity (Wildman–Crippen MR) is 254 cm³/mol. The molecule has 4 heteroatoms. The molecule has 0 radical (unpaired) electrons. The van der Waals surface area contributed by atoms with Crippen molar-refractivity contribution in [3.8, 4) is 11.1 Å². The molecule has 4 nitrogen and oxygen atoms in total. The van der Waals surface area contributed by atoms with E-state index in [1.54, 1.807) is 0 Å². The van der Waals surface area contributed by atoms with E-state index in [-0.39, 0.29) is 0 Å². The van der Waals surface area contributed by atoms with Crippen molar-refractivity contribution in [2.75, 3.05) is 10.2 Å². The molecule has 2 heterocycles. The Morgan fingerprint density at radius 2 is 0.933 bits per heavy atom. The van der Waals surface area contributed by atoms with Crippen LogP contribution in [0.15, 0.2) is 160 Å². The van der Waals surface area contributed by atoms with Gasteiger partial charge < -0.3 is 19.1 Å². The maximum Gasteiger partial charge on any atom is 0.147 e. The zero-order chi connectivity index (χ0) is 40.8. The van der Waals surface area contributed by atoms with Gasteiger partial charge in [-0.3, -0.25) is 0 Å². The lowest BCUT2D eigenvalue weighted by Crippen LogP contribution is -2.11. The Morgan fingerprint density at radius 1 is 0.383 bits per heavy atom. The molecule has 0 aliphatic rings. The molecule has 0 spiro atoms. The molecule has 1 N–H and O–H groups in total. The zero-order valence-electron chi connectivity index (χ0n) is 34.7. The van der Waals surface area contributed by atoms with Gasteiger partial charge in [-0.15, -0.1) is 0 Å². The Bertz CT molecular complexity index is 3420. The number of hydrogen-bond acceptors (Lipinski definition) is 4. The summed E-state index contributed by atoms with van der Waals surface area (Å²) in [7, 11) is 0. The van der Waals surface area contributed by atoms with E-state index in [4.69, 9.17) is 8.83 Å². The van der Waals surface area contributed by atoms with E-state index in [1.807, 2.05) is 0 Å². The number of hydrogen-bond donors (Lipinski definition) is 1. The number of rotatable bonds is 6. The van der Waals surface area contributed by atoms with Crippen LogP contribution in [0.1, 0.15) is 33.4 Å². The van der Waals surface area contributed by atoms with Crippen LogP contribution in [0.5, 0.6) is 0 Å². The minimum atomic E-state index is 0.830. The maximum absolute atomic E-state index is 7.00. The van der Waals surface area contributed by atoms with Gasteiger partial charge >= 0.3 is 0 Å². The summed E-state index contributed by atoms with van der Waals surface area (Å²) in [4.78, 5) is 2.38. The van der Waals surface area contributed by atoms with Crippen LogP contribution in [0, 0.1) is 41.5 Å². The van der Waals surface area contributed by atoms with Crippen molar-refractivity contribution >= 4 is 93.9 Å². The van der Waals surface area contributed by atoms with Crippen LogP contribution in [-0.2, 0) is 0 Å². The van der Waals surface area contributed by atoms with Crippen molar-refractivity contribution in [1.82, 2.24) is 0 Å². The largest absolute Gasteiger partial charge is 0.455 e. The number of anilines is 5. The summed E-state index contributed by atoms with van der Waals surface area (Å²) in [5.74, 6) is 0. The lowest BCUT2D eigenvalue weighted by atomic mass is 9.97. The van der Waals surface area contributed by atoms with Crippen LogP contribution in [0.25, 0.3) is 76.5 Å². The molecule has 0 unspecified atom stereocenters. The number of nitrogens with zero attached hydrogens (tertiary/aromatic N) is 1. The predicted octanol–water partition coefficient (Wildman–Crippen LogP) is 16.5. The molecule has 2 aromatic heterocycles. The first-order chi connectivity index (χ1) is 29.1. The molecule has 0 aliphatic carbocycles. The summed E-state index contributed by atoms with van der Waals surface area (Å²) in [5.41, 5.74) is 18.4. The fourth-order valence-corrected chi connectivity index (χ4v) is 9.51. The summed E-state index contributed by atoms with van der Waals surface area (Å²) in [6.07, 6.45) is 0. The van der Waals surface area contributed by atoms with E-state index in [9.17, 15) is 0 Å². The molecule has 11 aromatic rings. The van der Waals surface area contributed by atoms with Crippen LogP contribution in [0.2, 0.25) is 0 Å². The standard InChI is InChI=1S/C56H44N2O2/c1-32-16-33(2)20-44(19-32)57-43-14-12-39-28-51-53(29-41(39)25-43)60-55-48(38-10-8-7-9-11-38)31-50-49-27-40-13-15-45(26-42(40)30-52(49)59-56(50)54(51)55)58(46-21-34(3)17-35(4)22-46)47-23-36(5)18-37(6)24-47/h7-31,57H,1-6H3. The fourth-order valence-electron chi connectivity index (χ4n) is 9.51. The van der Waals surface area contributed by atoms with E-state index < -0.39 is 0 Å². The fraction of sp³-hybridized carbons (Fsp3) is 0.107. The van der Waals surface area contributed by atoms with Crippen molar-refractivity contribution in [2.45, 2.75) is 41.5 Å². The van der Waals surface area contributed by atoms with Crippen molar-refractivity contribution in [2.24, 2.45) is 0 Å². The zero-order valence-corrected chi connectivity index (χ0v) is 34.7. The highest BCUT2D eigenvalue weighted by atomic mass is 16.3. The quantitative estimate of drug-likeness (QED) is 0.183. The molecule has 0 fully saturated rings. The number of nitrogens with one attached hydrogen (secondary N) is 1. The minimum Gasteiger partial charge on any atom is -0.455 e. The van der Waals surface area contributed by atoms with Crippen molar-refractivity contribution in [1.29, 1.82) is 0 Å². The molecule has 9 aromatic carbocycles. The molecular weight excluding hydrogens is 733 g/mol. The summed E-state index contributed by atoms with van der Waals surface area (Å²) >= 11 is 0. The third-order valence-corrected chi connectivity index (χ3v) is 11.9. The molecule has 11 rings (SSSR count). The summed E-state index contributed by atoms with van der Waals surface area (Å²) in [5, 5.41) is 12.3. The van der Waals surface area contributed by atoms with Crippen LogP contribution in [0.4, 0.5) is 28.4 Å². The van der Waals surface area contributed by atoms with Gasteiger partial charge in [-0.25, -0.2) is 0 Å². The molecule has 0 atom stereocenters. The number of furan rings is 2. The maximum atomic E-state index is 7.00. The second-order valence-corrected chi connectivity index (χ2v) is 16.9. The Hall–Kier alpha value is -7.30. The molecule has 0 saturated carbocycles. The van der Waals surface area contributed by atoms with Crippen molar-refractivity contribution in [3.05, 3.63) is 185 Å². The van der Waals surface area contributed by atoms with E-state index >= 15 is 0 Å². The van der Waals surface area contributed by atoms with Gasteiger partial charge in [0.2, 0.25) is 0 Å². The van der Waals surface area contributed by atoms with Gasteiger partial charge in [0.05, 0.1) is 5.39 Å². The number of fused-ring (bicyclic) bond motifs is 9. The smallest absolute Gasteiger partial charge is 0.147 e. The van der Waals surface area contributed by atoms with Gasteiger partial charge in [-0.1, -0.05) is 60.7 Å². The molecule has 290 valence electrons. The molecule has 0 bridgehead atoms. The summed E-state index contributed by atoms with van der Waals surface area (Å²) in [6, 6.07) is 55.2. The molecule has 0 amide bonds. The number of aryl methyl sites for hydroxylation is 6. The van der Waals surface area contributed by atoms with Crippen LogP contribution in [-0.4, -0.2) is 0 Å². The van der Waals surface area contributed by atoms with Crippen molar-refractivity contribution in [3.63, 3.8) is 0 Å². The first-order valence-electron chi connectivity index (χ1n) is 20.7. The van der Waals surface area contributed by atoms with Crippen LogP contribution < -0.4 is 10.2 Å². The SMILES string of the molecule is Cc1cc(C)cc(Nc2ccc3cc4c(cc3c2)oc2c(-c3ccccc3)cc3c5cc6ccc(N(c7cc(C)cc(C)c7)c7cc(C)cc(C)c7)cc6cc5oc3c24)c1. The monoisotopic (exact) mass is 776 g/mol. The second kappa shape index (κ2) is 13.6. The van der Waals surface area contributed by atoms with Gasteiger partial charge in [-0.05, 0) is 193 Å². The lowest BCUT2D eigenvalue weighted by molar-refractivity contribution is 0.664. The normalized spacial score (nSPS) is 11.8. The van der Waals surface area contributed by atoms with Gasteiger partial charge in [0.15, 0.2) is 0 Å². The molecule has 60 heavy (non-hydrogen) atoms. The Balaban J connectivity index is 1.10. The van der Waals surface area contributed by atoms with E-state index in [2.05, 4.69) is 203 Å². The highest BCUT2D eigenvalue weighted by molar-refractivity contribution is 6.27. The minimum absolute atomic E-state index is 0.830. The van der Waals surface area contributed by atoms with Crippen LogP contribution >= 0.6 is 0 Å². The van der Waals surface area contributed by atoms with Crippen LogP contribution in [0.3, 0.4) is 0 Å². The van der Waals surface area contributed by atoms with E-state index in [1.165, 1.54) is 33.4 Å². The lowest BCUT2D eigenvalue weighted by Gasteiger charge is -2.27. The average molecular weight is 777 g/mol. The first-order valence-corrected chi connectivity index (χ1v) is 20.7. The molecule has 0 saturated heterocycles. The van der Waals surface area contributed by atoms with E-state index in [0.717, 1.165) is 105 Å². The topological polar surface area (TPSA) is 41.6 Å². The number of benzene rings is 9. The highest BCUT2D eigenvalue weighted by Gasteiger charge is 2.22. The van der Waals surface area contributed by atoms with E-state index in [0.29, 0.717) is 0 Å². The van der Waals surface area contributed by atoms with Crippen molar-refractivity contribution < 1.29 is 8.83 Å². The summed E-state index contributed by atoms with van der Waals surface area (Å²) < 4.78 is 13.9.